The average Bonchev–Trinajstić information content (AvgIpc) is 2.98. The van der Waals surface area contributed by atoms with E-state index in [0.29, 0.717) is 11.1 Å². The molecule has 10 nitrogen and oxygen atoms in total. The first-order chi connectivity index (χ1) is 19.8. The van der Waals surface area contributed by atoms with Crippen LogP contribution < -0.4 is 10.6 Å². The quantitative estimate of drug-likeness (QED) is 0.0914. The van der Waals surface area contributed by atoms with Crippen molar-refractivity contribution in [2.75, 3.05) is 0 Å². The van der Waals surface area contributed by atoms with E-state index in [1.807, 2.05) is 42.5 Å². The largest absolute Gasteiger partial charge is 0.343 e. The summed E-state index contributed by atoms with van der Waals surface area (Å²) in [5.74, 6) is -1.10. The van der Waals surface area contributed by atoms with Crippen molar-refractivity contribution in [3.05, 3.63) is 128 Å². The van der Waals surface area contributed by atoms with Crippen LogP contribution in [0, 0.1) is 20.2 Å². The van der Waals surface area contributed by atoms with Crippen molar-refractivity contribution >= 4 is 23.2 Å². The Morgan fingerprint density at radius 2 is 1.27 bits per heavy atom. The third-order valence-electron chi connectivity index (χ3n) is 6.57. The molecular formula is C31H34N4O6. The van der Waals surface area contributed by atoms with Gasteiger partial charge in [-0.2, -0.15) is 0 Å². The van der Waals surface area contributed by atoms with E-state index in [1.165, 1.54) is 18.9 Å². The molecule has 214 valence electrons. The monoisotopic (exact) mass is 558 g/mol. The summed E-state index contributed by atoms with van der Waals surface area (Å²) in [6.45, 7) is 2.16. The first kappa shape index (κ1) is 30.7. The van der Waals surface area contributed by atoms with Crippen LogP contribution in [-0.2, 0) is 4.79 Å². The Morgan fingerprint density at radius 3 is 1.78 bits per heavy atom. The van der Waals surface area contributed by atoms with E-state index in [2.05, 4.69) is 17.6 Å². The van der Waals surface area contributed by atoms with Crippen LogP contribution in [0.25, 0.3) is 0 Å². The zero-order chi connectivity index (χ0) is 29.6. The van der Waals surface area contributed by atoms with Gasteiger partial charge >= 0.3 is 0 Å². The van der Waals surface area contributed by atoms with Gasteiger partial charge in [-0.1, -0.05) is 99.3 Å². The van der Waals surface area contributed by atoms with Crippen molar-refractivity contribution in [3.63, 3.8) is 0 Å². The second-order valence-corrected chi connectivity index (χ2v) is 9.62. The predicted octanol–water partition coefficient (Wildman–Crippen LogP) is 6.75. The molecule has 0 bridgehead atoms. The van der Waals surface area contributed by atoms with Crippen molar-refractivity contribution in [2.45, 2.75) is 57.5 Å². The summed E-state index contributed by atoms with van der Waals surface area (Å²) < 4.78 is 0. The van der Waals surface area contributed by atoms with Crippen molar-refractivity contribution in [3.8, 4) is 0 Å². The van der Waals surface area contributed by atoms with Gasteiger partial charge in [0.05, 0.1) is 33.6 Å². The number of amides is 2. The highest BCUT2D eigenvalue weighted by molar-refractivity contribution is 5.96. The van der Waals surface area contributed by atoms with E-state index in [4.69, 9.17) is 0 Å². The molecule has 3 aromatic rings. The maximum atomic E-state index is 13.4. The van der Waals surface area contributed by atoms with E-state index in [-0.39, 0.29) is 11.5 Å². The third kappa shape index (κ3) is 9.38. The predicted molar refractivity (Wildman–Crippen MR) is 156 cm³/mol. The van der Waals surface area contributed by atoms with E-state index in [1.54, 1.807) is 24.3 Å². The van der Waals surface area contributed by atoms with Crippen LogP contribution >= 0.6 is 0 Å². The number of nitrogens with zero attached hydrogens (tertiary/aromatic N) is 2. The Morgan fingerprint density at radius 1 is 0.756 bits per heavy atom. The van der Waals surface area contributed by atoms with Crippen molar-refractivity contribution in [1.29, 1.82) is 0 Å². The SMILES string of the molecule is CCCCCCC/C=C/C(=O)NC(c1ccccc1)C(NC(=O)c1cc([N+](=O)[O-])cc([N+](=O)[O-])c1)c1ccccc1. The Labute approximate surface area is 238 Å². The number of nitro groups is 2. The van der Waals surface area contributed by atoms with E-state index in [0.717, 1.165) is 43.9 Å². The molecule has 41 heavy (non-hydrogen) atoms. The van der Waals surface area contributed by atoms with Crippen molar-refractivity contribution in [2.24, 2.45) is 0 Å². The van der Waals surface area contributed by atoms with Crippen LogP contribution in [0.2, 0.25) is 0 Å². The maximum absolute atomic E-state index is 13.4. The molecule has 0 aliphatic heterocycles. The molecule has 0 aliphatic carbocycles. The van der Waals surface area contributed by atoms with Gasteiger partial charge in [-0.05, 0) is 30.0 Å². The fourth-order valence-corrected chi connectivity index (χ4v) is 4.46. The van der Waals surface area contributed by atoms with Crippen molar-refractivity contribution < 1.29 is 19.4 Å². The summed E-state index contributed by atoms with van der Waals surface area (Å²) in [6.07, 6.45) is 9.71. The molecule has 0 aromatic heterocycles. The van der Waals surface area contributed by atoms with Gasteiger partial charge < -0.3 is 10.6 Å². The first-order valence-electron chi connectivity index (χ1n) is 13.6. The second-order valence-electron chi connectivity index (χ2n) is 9.62. The number of carbonyl (C=O) groups is 2. The number of nitro benzene ring substituents is 2. The topological polar surface area (TPSA) is 144 Å². The van der Waals surface area contributed by atoms with Gasteiger partial charge in [0.15, 0.2) is 0 Å². The fraction of sp³-hybridized carbons (Fsp3) is 0.290. The number of benzene rings is 3. The number of rotatable bonds is 15. The molecule has 3 rings (SSSR count). The molecule has 2 amide bonds. The van der Waals surface area contributed by atoms with Gasteiger partial charge in [0.25, 0.3) is 17.3 Å². The smallest absolute Gasteiger partial charge is 0.277 e. The molecule has 2 unspecified atom stereocenters. The molecule has 0 aliphatic rings. The maximum Gasteiger partial charge on any atom is 0.277 e. The lowest BCUT2D eigenvalue weighted by Gasteiger charge is -2.29. The number of carbonyl (C=O) groups excluding carboxylic acids is 2. The normalized spacial score (nSPS) is 12.4. The van der Waals surface area contributed by atoms with Gasteiger partial charge in [-0.25, -0.2) is 0 Å². The number of hydrogen-bond donors (Lipinski definition) is 2. The Balaban J connectivity index is 1.92. The summed E-state index contributed by atoms with van der Waals surface area (Å²) in [5, 5.41) is 28.6. The molecule has 0 radical (unpaired) electrons. The molecule has 2 N–H and O–H groups in total. The lowest BCUT2D eigenvalue weighted by Crippen LogP contribution is -2.40. The van der Waals surface area contributed by atoms with Gasteiger partial charge in [-0.3, -0.25) is 29.8 Å². The second kappa shape index (κ2) is 15.7. The molecule has 2 atom stereocenters. The van der Waals surface area contributed by atoms with Crippen LogP contribution in [0.1, 0.15) is 79.0 Å². The minimum absolute atomic E-state index is 0.243. The Kier molecular flexibility index (Phi) is 11.7. The Hall–Kier alpha value is -4.86. The van der Waals surface area contributed by atoms with Gasteiger partial charge in [0.2, 0.25) is 5.91 Å². The van der Waals surface area contributed by atoms with E-state index in [9.17, 15) is 29.8 Å². The lowest BCUT2D eigenvalue weighted by atomic mass is 9.92. The third-order valence-corrected chi connectivity index (χ3v) is 6.57. The summed E-state index contributed by atoms with van der Waals surface area (Å²) in [4.78, 5) is 47.6. The zero-order valence-electron chi connectivity index (χ0n) is 22.9. The van der Waals surface area contributed by atoms with Gasteiger partial charge in [-0.15, -0.1) is 0 Å². The summed E-state index contributed by atoms with van der Waals surface area (Å²) in [5.41, 5.74) is -0.0162. The molecule has 3 aromatic carbocycles. The molecule has 10 heteroatoms. The van der Waals surface area contributed by atoms with E-state index >= 15 is 0 Å². The van der Waals surface area contributed by atoms with Crippen LogP contribution in [0.5, 0.6) is 0 Å². The van der Waals surface area contributed by atoms with Crippen LogP contribution in [0.15, 0.2) is 91.0 Å². The lowest BCUT2D eigenvalue weighted by molar-refractivity contribution is -0.394. The van der Waals surface area contributed by atoms with Crippen LogP contribution in [0.4, 0.5) is 11.4 Å². The zero-order valence-corrected chi connectivity index (χ0v) is 22.9. The first-order valence-corrected chi connectivity index (χ1v) is 13.6. The number of non-ortho nitro benzene ring substituents is 2. The van der Waals surface area contributed by atoms with E-state index < -0.39 is 39.2 Å². The van der Waals surface area contributed by atoms with Crippen LogP contribution in [-0.4, -0.2) is 21.7 Å². The molecular weight excluding hydrogens is 524 g/mol. The summed E-state index contributed by atoms with van der Waals surface area (Å²) in [6, 6.07) is 19.3. The highest BCUT2D eigenvalue weighted by Crippen LogP contribution is 2.30. The van der Waals surface area contributed by atoms with Crippen molar-refractivity contribution in [1.82, 2.24) is 10.6 Å². The molecule has 0 heterocycles. The minimum atomic E-state index is -0.809. The number of hydrogen-bond acceptors (Lipinski definition) is 6. The minimum Gasteiger partial charge on any atom is -0.343 e. The molecule has 0 spiro atoms. The molecule has 0 fully saturated rings. The standard InChI is InChI=1S/C31H34N4O6/c1-2-3-4-5-6-7-14-19-28(36)32-29(23-15-10-8-11-16-23)30(24-17-12-9-13-18-24)33-31(37)25-20-26(34(38)39)22-27(21-25)35(40)41/h8-22,29-30H,2-7H2,1H3,(H,32,36)(H,33,37)/b19-14+. The van der Waals surface area contributed by atoms with Crippen LogP contribution in [0.3, 0.4) is 0 Å². The summed E-state index contributed by atoms with van der Waals surface area (Å²) in [7, 11) is 0. The highest BCUT2D eigenvalue weighted by atomic mass is 16.6. The highest BCUT2D eigenvalue weighted by Gasteiger charge is 2.29. The summed E-state index contributed by atoms with van der Waals surface area (Å²) >= 11 is 0. The molecule has 0 saturated heterocycles. The molecule has 0 saturated carbocycles. The fourth-order valence-electron chi connectivity index (χ4n) is 4.46. The Bertz CT molecular complexity index is 1330. The van der Waals surface area contributed by atoms with Gasteiger partial charge in [0.1, 0.15) is 0 Å². The van der Waals surface area contributed by atoms with Gasteiger partial charge in [0, 0.05) is 12.1 Å². The number of allylic oxidation sites excluding steroid dienone is 1. The number of nitrogens with one attached hydrogen (secondary N) is 2. The average molecular weight is 559 g/mol. The number of unbranched alkanes of at least 4 members (excludes halogenated alkanes) is 5.